The van der Waals surface area contributed by atoms with Crippen molar-refractivity contribution in [2.75, 3.05) is 12.1 Å². The van der Waals surface area contributed by atoms with E-state index in [0.717, 1.165) is 12.1 Å². The summed E-state index contributed by atoms with van der Waals surface area (Å²) in [5, 5.41) is 9.37. The van der Waals surface area contributed by atoms with E-state index in [1.54, 1.807) is 6.07 Å². The van der Waals surface area contributed by atoms with E-state index >= 15 is 0 Å². The van der Waals surface area contributed by atoms with Crippen molar-refractivity contribution in [3.05, 3.63) is 34.7 Å². The van der Waals surface area contributed by atoms with Crippen molar-refractivity contribution in [1.29, 1.82) is 5.26 Å². The molecule has 0 fully saturated rings. The van der Waals surface area contributed by atoms with Crippen molar-refractivity contribution < 1.29 is 13.2 Å². The summed E-state index contributed by atoms with van der Waals surface area (Å²) in [6.07, 6.45) is -2.83. The molecule has 0 saturated carbocycles. The first-order valence-electron chi connectivity index (χ1n) is 4.84. The highest BCUT2D eigenvalue weighted by Gasteiger charge is 2.31. The number of alkyl halides is 3. The number of nitrogens with zero attached hydrogens (tertiary/aromatic N) is 3. The maximum atomic E-state index is 12.4. The van der Waals surface area contributed by atoms with Crippen LogP contribution in [0.15, 0.2) is 24.2 Å². The van der Waals surface area contributed by atoms with Gasteiger partial charge in [-0.2, -0.15) is 18.4 Å². The number of nitriles is 1. The third kappa shape index (κ3) is 3.93. The van der Waals surface area contributed by atoms with Crippen LogP contribution in [0.2, 0.25) is 5.02 Å². The average molecular weight is 292 g/mol. The summed E-state index contributed by atoms with van der Waals surface area (Å²) in [4.78, 5) is 3.60. The van der Waals surface area contributed by atoms with Crippen molar-refractivity contribution in [3.8, 4) is 6.07 Å². The number of anilines is 1. The van der Waals surface area contributed by atoms with E-state index in [-0.39, 0.29) is 16.7 Å². The monoisotopic (exact) mass is 291 g/mol. The van der Waals surface area contributed by atoms with Crippen LogP contribution in [-0.4, -0.2) is 12.0 Å². The van der Waals surface area contributed by atoms with E-state index in [1.165, 1.54) is 12.1 Å². The zero-order chi connectivity index (χ0) is 14.6. The second-order valence-corrected chi connectivity index (χ2v) is 3.83. The average Bonchev–Trinajstić information content (AvgIpc) is 2.27. The van der Waals surface area contributed by atoms with Crippen molar-refractivity contribution in [2.45, 2.75) is 6.18 Å². The molecule has 1 heterocycles. The largest absolute Gasteiger partial charge is 0.417 e. The first-order chi connectivity index (χ1) is 8.75. The molecule has 102 valence electrons. The summed E-state index contributed by atoms with van der Waals surface area (Å²) in [7, 11) is 1.44. The molecule has 0 aliphatic heterocycles. The van der Waals surface area contributed by atoms with Gasteiger partial charge in [0.25, 0.3) is 0 Å². The lowest BCUT2D eigenvalue weighted by Gasteiger charge is -2.21. The first kappa shape index (κ1) is 14.9. The number of allylic oxidation sites excluding steroid dienone is 1. The molecule has 5 nitrogen and oxygen atoms in total. The van der Waals surface area contributed by atoms with Gasteiger partial charge in [-0.05, 0) is 6.07 Å². The van der Waals surface area contributed by atoms with Crippen LogP contribution in [0.5, 0.6) is 0 Å². The standard InChI is InChI=1S/C10H9ClF3N5/c1-19(18-8(16)2-3-15)9-7(11)4-6(5-17-9)10(12,13)14/h2,4-5,18H,16H2,1H3. The third-order valence-electron chi connectivity index (χ3n) is 1.98. The molecule has 0 unspecified atom stereocenters. The Hall–Kier alpha value is -2.14. The van der Waals surface area contributed by atoms with Gasteiger partial charge in [0.15, 0.2) is 5.82 Å². The lowest BCUT2D eigenvalue weighted by Crippen LogP contribution is -2.37. The van der Waals surface area contributed by atoms with Crippen LogP contribution in [0.1, 0.15) is 5.56 Å². The highest BCUT2D eigenvalue weighted by Crippen LogP contribution is 2.32. The van der Waals surface area contributed by atoms with Gasteiger partial charge in [-0.25, -0.2) is 4.98 Å². The van der Waals surface area contributed by atoms with Gasteiger partial charge in [0.05, 0.1) is 22.7 Å². The molecular weight excluding hydrogens is 283 g/mol. The van der Waals surface area contributed by atoms with Gasteiger partial charge >= 0.3 is 6.18 Å². The first-order valence-corrected chi connectivity index (χ1v) is 5.22. The van der Waals surface area contributed by atoms with Crippen LogP contribution in [0.4, 0.5) is 19.0 Å². The molecule has 0 aliphatic carbocycles. The Balaban J connectivity index is 2.98. The molecule has 0 aliphatic rings. The van der Waals surface area contributed by atoms with Crippen molar-refractivity contribution in [2.24, 2.45) is 5.73 Å². The van der Waals surface area contributed by atoms with Crippen molar-refractivity contribution in [3.63, 3.8) is 0 Å². The fourth-order valence-corrected chi connectivity index (χ4v) is 1.47. The zero-order valence-corrected chi connectivity index (χ0v) is 10.4. The maximum absolute atomic E-state index is 12.4. The minimum absolute atomic E-state index is 0.00256. The molecule has 0 spiro atoms. The van der Waals surface area contributed by atoms with E-state index in [9.17, 15) is 13.2 Å². The van der Waals surface area contributed by atoms with Gasteiger partial charge in [0.1, 0.15) is 5.82 Å². The van der Waals surface area contributed by atoms with Crippen LogP contribution < -0.4 is 16.2 Å². The normalized spacial score (nSPS) is 11.9. The minimum atomic E-state index is -4.51. The summed E-state index contributed by atoms with van der Waals surface area (Å²) < 4.78 is 37.3. The molecule has 9 heteroatoms. The quantitative estimate of drug-likeness (QED) is 0.658. The molecule has 0 amide bonds. The SMILES string of the molecule is CN(NC(N)=CC#N)c1ncc(C(F)(F)F)cc1Cl. The smallest absolute Gasteiger partial charge is 0.384 e. The van der Waals surface area contributed by atoms with Gasteiger partial charge in [-0.15, -0.1) is 0 Å². The molecule has 0 radical (unpaired) electrons. The lowest BCUT2D eigenvalue weighted by atomic mass is 10.3. The number of hydrogen-bond acceptors (Lipinski definition) is 5. The summed E-state index contributed by atoms with van der Waals surface area (Å²) in [6.45, 7) is 0. The number of halogens is 4. The molecule has 1 rings (SSSR count). The highest BCUT2D eigenvalue weighted by atomic mass is 35.5. The Morgan fingerprint density at radius 3 is 2.74 bits per heavy atom. The number of nitrogens with two attached hydrogens (primary N) is 1. The summed E-state index contributed by atoms with van der Waals surface area (Å²) in [6, 6.07) is 2.45. The molecule has 0 saturated heterocycles. The molecule has 1 aromatic heterocycles. The van der Waals surface area contributed by atoms with Gasteiger partial charge < -0.3 is 5.73 Å². The number of hydrogen-bond donors (Lipinski definition) is 2. The fraction of sp³-hybridized carbons (Fsp3) is 0.200. The van der Waals surface area contributed by atoms with Crippen molar-refractivity contribution in [1.82, 2.24) is 10.4 Å². The molecule has 19 heavy (non-hydrogen) atoms. The van der Waals surface area contributed by atoms with Gasteiger partial charge in [0, 0.05) is 13.2 Å². The zero-order valence-electron chi connectivity index (χ0n) is 9.66. The topological polar surface area (TPSA) is 78.0 Å². The van der Waals surface area contributed by atoms with Crippen molar-refractivity contribution >= 4 is 17.4 Å². The van der Waals surface area contributed by atoms with E-state index in [1.807, 2.05) is 0 Å². The number of rotatable bonds is 3. The Labute approximate surface area is 112 Å². The predicted molar refractivity (Wildman–Crippen MR) is 63.7 cm³/mol. The third-order valence-corrected chi connectivity index (χ3v) is 2.26. The Kier molecular flexibility index (Phi) is 4.45. The molecule has 0 atom stereocenters. The molecule has 3 N–H and O–H groups in total. The van der Waals surface area contributed by atoms with Crippen LogP contribution in [0.25, 0.3) is 0 Å². The van der Waals surface area contributed by atoms with Crippen LogP contribution in [0, 0.1) is 11.3 Å². The summed E-state index contributed by atoms with van der Waals surface area (Å²) >= 11 is 5.72. The number of hydrazine groups is 1. The minimum Gasteiger partial charge on any atom is -0.384 e. The van der Waals surface area contributed by atoms with E-state index in [2.05, 4.69) is 10.4 Å². The van der Waals surface area contributed by atoms with Crippen LogP contribution in [0.3, 0.4) is 0 Å². The fourth-order valence-electron chi connectivity index (χ4n) is 1.18. The molecular formula is C10H9ClF3N5. The number of pyridine rings is 1. The van der Waals surface area contributed by atoms with E-state index in [0.29, 0.717) is 6.20 Å². The predicted octanol–water partition coefficient (Wildman–Crippen LogP) is 2.02. The van der Waals surface area contributed by atoms with Crippen LogP contribution in [-0.2, 0) is 6.18 Å². The van der Waals surface area contributed by atoms with Crippen LogP contribution >= 0.6 is 11.6 Å². The molecule has 1 aromatic rings. The van der Waals surface area contributed by atoms with Gasteiger partial charge in [0.2, 0.25) is 0 Å². The molecule has 0 bridgehead atoms. The van der Waals surface area contributed by atoms with Gasteiger partial charge in [-0.1, -0.05) is 11.6 Å². The summed E-state index contributed by atoms with van der Waals surface area (Å²) in [5.41, 5.74) is 6.98. The maximum Gasteiger partial charge on any atom is 0.417 e. The highest BCUT2D eigenvalue weighted by molar-refractivity contribution is 6.33. The Bertz CT molecular complexity index is 535. The Morgan fingerprint density at radius 2 is 2.26 bits per heavy atom. The van der Waals surface area contributed by atoms with E-state index in [4.69, 9.17) is 22.6 Å². The number of nitrogens with one attached hydrogen (secondary N) is 1. The number of aromatic nitrogens is 1. The second-order valence-electron chi connectivity index (χ2n) is 3.43. The van der Waals surface area contributed by atoms with E-state index < -0.39 is 11.7 Å². The summed E-state index contributed by atoms with van der Waals surface area (Å²) in [5.74, 6) is 0.0479. The Morgan fingerprint density at radius 1 is 1.63 bits per heavy atom. The van der Waals surface area contributed by atoms with Gasteiger partial charge in [-0.3, -0.25) is 10.4 Å². The molecule has 0 aromatic carbocycles. The second kappa shape index (κ2) is 5.67. The lowest BCUT2D eigenvalue weighted by molar-refractivity contribution is -0.137.